The number of ether oxygens (including phenoxy) is 1. The van der Waals surface area contributed by atoms with E-state index in [1.807, 2.05) is 59.5 Å². The number of amides is 2. The van der Waals surface area contributed by atoms with E-state index in [1.54, 1.807) is 13.4 Å². The van der Waals surface area contributed by atoms with E-state index >= 15 is 0 Å². The average molecular weight is 676 g/mol. The first kappa shape index (κ1) is 34.4. The smallest absolute Gasteiger partial charge is 0.240 e. The van der Waals surface area contributed by atoms with Crippen LogP contribution >= 0.6 is 11.6 Å². The van der Waals surface area contributed by atoms with Crippen molar-refractivity contribution in [2.75, 3.05) is 45.2 Å². The number of nitrogens with one attached hydrogen (secondary N) is 2. The fourth-order valence-electron chi connectivity index (χ4n) is 8.20. The molecule has 3 aliphatic rings. The topological polar surface area (TPSA) is 105 Å². The van der Waals surface area contributed by atoms with Crippen molar-refractivity contribution in [1.29, 1.82) is 0 Å². The summed E-state index contributed by atoms with van der Waals surface area (Å²) in [5.74, 6) is 1.44. The first-order valence-electron chi connectivity index (χ1n) is 17.7. The van der Waals surface area contributed by atoms with E-state index in [9.17, 15) is 9.59 Å². The molecule has 10 nitrogen and oxygen atoms in total. The van der Waals surface area contributed by atoms with Gasteiger partial charge in [0.15, 0.2) is 0 Å². The van der Waals surface area contributed by atoms with Crippen LogP contribution in [0.2, 0.25) is 5.02 Å². The molecule has 11 heteroatoms. The number of methoxy groups -OCH3 is 1. The molecule has 1 atom stereocenters. The van der Waals surface area contributed by atoms with Gasteiger partial charge in [0.2, 0.25) is 11.8 Å². The summed E-state index contributed by atoms with van der Waals surface area (Å²) in [4.78, 5) is 35.7. The highest BCUT2D eigenvalue weighted by molar-refractivity contribution is 6.30. The standard InChI is InChI=1S/C37H50ClN7O3/c1-48-34-10-6-5-9-32(34)42-35(46)24-43-19-15-31(16-20-43)41-33(23-28-11-13-30(38)14-12-28)36(47)44-21-17-37(18-22-44,25-45-27-39-26-40-45)29-7-3-2-4-8-29/h5-6,9-14,26-27,29,31,33,41H,2-4,7-8,15-25H2,1H3,(H,42,46)/t33-/m1/s1. The molecule has 2 saturated heterocycles. The Morgan fingerprint density at radius 2 is 1.71 bits per heavy atom. The number of benzene rings is 2. The van der Waals surface area contributed by atoms with Gasteiger partial charge < -0.3 is 20.3 Å². The van der Waals surface area contributed by atoms with Gasteiger partial charge >= 0.3 is 0 Å². The van der Waals surface area contributed by atoms with Gasteiger partial charge in [0.05, 0.1) is 25.4 Å². The molecule has 3 heterocycles. The quantitative estimate of drug-likeness (QED) is 0.264. The zero-order valence-corrected chi connectivity index (χ0v) is 28.9. The predicted octanol–water partition coefficient (Wildman–Crippen LogP) is 5.43. The summed E-state index contributed by atoms with van der Waals surface area (Å²) in [7, 11) is 1.60. The summed E-state index contributed by atoms with van der Waals surface area (Å²) in [5.41, 5.74) is 1.92. The van der Waals surface area contributed by atoms with Crippen molar-refractivity contribution < 1.29 is 14.3 Å². The fraction of sp³-hybridized carbons (Fsp3) is 0.568. The summed E-state index contributed by atoms with van der Waals surface area (Å²) in [5, 5.41) is 11.9. The van der Waals surface area contributed by atoms with Gasteiger partial charge in [0.1, 0.15) is 18.4 Å². The molecule has 3 aromatic rings. The summed E-state index contributed by atoms with van der Waals surface area (Å²) in [6, 6.07) is 15.2. The van der Waals surface area contributed by atoms with E-state index in [2.05, 4.69) is 30.5 Å². The van der Waals surface area contributed by atoms with E-state index in [-0.39, 0.29) is 29.3 Å². The monoisotopic (exact) mass is 675 g/mol. The van der Waals surface area contributed by atoms with E-state index in [1.165, 1.54) is 32.1 Å². The number of anilines is 1. The van der Waals surface area contributed by atoms with Crippen LogP contribution in [0.15, 0.2) is 61.2 Å². The van der Waals surface area contributed by atoms with Crippen LogP contribution in [0.3, 0.4) is 0 Å². The number of hydrogen-bond acceptors (Lipinski definition) is 7. The Morgan fingerprint density at radius 1 is 0.979 bits per heavy atom. The molecule has 6 rings (SSSR count). The molecule has 48 heavy (non-hydrogen) atoms. The molecule has 0 unspecified atom stereocenters. The summed E-state index contributed by atoms with van der Waals surface area (Å²) in [6.07, 6.45) is 14.3. The van der Waals surface area contributed by atoms with Gasteiger partial charge in [-0.15, -0.1) is 0 Å². The van der Waals surface area contributed by atoms with E-state index in [0.717, 1.165) is 64.0 Å². The Balaban J connectivity index is 1.07. The molecule has 2 amide bonds. The van der Waals surface area contributed by atoms with Crippen molar-refractivity contribution >= 4 is 29.1 Å². The first-order chi connectivity index (χ1) is 23.4. The Morgan fingerprint density at radius 3 is 2.40 bits per heavy atom. The largest absolute Gasteiger partial charge is 0.495 e. The summed E-state index contributed by atoms with van der Waals surface area (Å²) >= 11 is 6.20. The number of piperidine rings is 2. The molecule has 1 aromatic heterocycles. The maximum atomic E-state index is 14.3. The maximum absolute atomic E-state index is 14.3. The number of aromatic nitrogens is 3. The fourth-order valence-corrected chi connectivity index (χ4v) is 8.32. The third-order valence-electron chi connectivity index (χ3n) is 10.9. The predicted molar refractivity (Wildman–Crippen MR) is 188 cm³/mol. The summed E-state index contributed by atoms with van der Waals surface area (Å²) < 4.78 is 7.38. The van der Waals surface area contributed by atoms with Crippen LogP contribution in [-0.2, 0) is 22.6 Å². The molecule has 258 valence electrons. The molecule has 3 fully saturated rings. The minimum absolute atomic E-state index is 0.0556. The zero-order chi connectivity index (χ0) is 33.3. The zero-order valence-electron chi connectivity index (χ0n) is 28.2. The second-order valence-corrected chi connectivity index (χ2v) is 14.4. The molecule has 1 saturated carbocycles. The number of para-hydroxylation sites is 2. The van der Waals surface area contributed by atoms with Gasteiger partial charge in [-0.25, -0.2) is 4.98 Å². The van der Waals surface area contributed by atoms with E-state index in [0.29, 0.717) is 35.3 Å². The molecular weight excluding hydrogens is 626 g/mol. The van der Waals surface area contributed by atoms with Crippen LogP contribution < -0.4 is 15.4 Å². The normalized spacial score (nSPS) is 19.9. The minimum Gasteiger partial charge on any atom is -0.495 e. The van der Waals surface area contributed by atoms with Crippen LogP contribution in [0.1, 0.15) is 63.4 Å². The highest BCUT2D eigenvalue weighted by Gasteiger charge is 2.44. The van der Waals surface area contributed by atoms with Crippen molar-refractivity contribution in [2.45, 2.75) is 82.8 Å². The molecule has 2 aromatic carbocycles. The third-order valence-corrected chi connectivity index (χ3v) is 11.2. The number of carbonyl (C=O) groups excluding carboxylic acids is 2. The maximum Gasteiger partial charge on any atom is 0.240 e. The molecule has 2 aliphatic heterocycles. The van der Waals surface area contributed by atoms with Crippen molar-refractivity contribution in [3.05, 3.63) is 71.8 Å². The molecule has 0 spiro atoms. The number of halogens is 1. The number of nitrogens with zero attached hydrogens (tertiary/aromatic N) is 5. The minimum atomic E-state index is -0.325. The lowest BCUT2D eigenvalue weighted by Gasteiger charge is -2.48. The molecule has 1 aliphatic carbocycles. The lowest BCUT2D eigenvalue weighted by Crippen LogP contribution is -2.56. The van der Waals surface area contributed by atoms with Crippen LogP contribution in [0.4, 0.5) is 5.69 Å². The van der Waals surface area contributed by atoms with Crippen molar-refractivity contribution in [3.63, 3.8) is 0 Å². The highest BCUT2D eigenvalue weighted by Crippen LogP contribution is 2.47. The highest BCUT2D eigenvalue weighted by atomic mass is 35.5. The molecular formula is C37H50ClN7O3. The number of likely N-dealkylation sites (tertiary alicyclic amines) is 2. The SMILES string of the molecule is COc1ccccc1NC(=O)CN1CCC(N[C@H](Cc2ccc(Cl)cc2)C(=O)N2CCC(Cn3cncn3)(C3CCCCC3)CC2)CC1. The van der Waals surface area contributed by atoms with E-state index < -0.39 is 0 Å². The van der Waals surface area contributed by atoms with Gasteiger partial charge in [-0.1, -0.05) is 55.1 Å². The molecule has 0 bridgehead atoms. The van der Waals surface area contributed by atoms with Crippen molar-refractivity contribution in [2.24, 2.45) is 11.3 Å². The second-order valence-electron chi connectivity index (χ2n) is 14.0. The van der Waals surface area contributed by atoms with Crippen molar-refractivity contribution in [3.8, 4) is 5.75 Å². The lowest BCUT2D eigenvalue weighted by atomic mass is 9.63. The van der Waals surface area contributed by atoms with Gasteiger partial charge in [0, 0.05) is 43.8 Å². The molecule has 2 N–H and O–H groups in total. The van der Waals surface area contributed by atoms with Gasteiger partial charge in [-0.2, -0.15) is 5.10 Å². The second kappa shape index (κ2) is 16.3. The van der Waals surface area contributed by atoms with E-state index in [4.69, 9.17) is 16.3 Å². The Labute approximate surface area is 289 Å². The summed E-state index contributed by atoms with van der Waals surface area (Å²) in [6.45, 7) is 4.30. The van der Waals surface area contributed by atoms with Crippen LogP contribution in [0.25, 0.3) is 0 Å². The van der Waals surface area contributed by atoms with Crippen LogP contribution in [-0.4, -0.2) is 88.3 Å². The lowest BCUT2D eigenvalue weighted by molar-refractivity contribution is -0.137. The average Bonchev–Trinajstić information content (AvgIpc) is 3.63. The first-order valence-corrected chi connectivity index (χ1v) is 18.1. The number of hydrogen-bond donors (Lipinski definition) is 2. The molecule has 0 radical (unpaired) electrons. The number of rotatable bonds is 12. The van der Waals surface area contributed by atoms with Gasteiger partial charge in [-0.3, -0.25) is 19.2 Å². The Kier molecular flexibility index (Phi) is 11.7. The number of carbonyl (C=O) groups is 2. The van der Waals surface area contributed by atoms with Crippen LogP contribution in [0.5, 0.6) is 5.75 Å². The van der Waals surface area contributed by atoms with Gasteiger partial charge in [-0.05, 0) is 86.1 Å². The Bertz CT molecular complexity index is 1460. The van der Waals surface area contributed by atoms with Gasteiger partial charge in [0.25, 0.3) is 0 Å². The Hall–Kier alpha value is -3.47. The third kappa shape index (κ3) is 8.76. The van der Waals surface area contributed by atoms with Crippen molar-refractivity contribution in [1.82, 2.24) is 29.9 Å². The van der Waals surface area contributed by atoms with Crippen LogP contribution in [0, 0.1) is 11.3 Å².